The number of carbonyl (C=O) groups excluding carboxylic acids is 1. The number of hydrogen-bond acceptors (Lipinski definition) is 3. The summed E-state index contributed by atoms with van der Waals surface area (Å²) in [6, 6.07) is 7.36. The molecule has 0 N–H and O–H groups in total. The predicted octanol–water partition coefficient (Wildman–Crippen LogP) is 3.30. The zero-order valence-corrected chi connectivity index (χ0v) is 11.8. The van der Waals surface area contributed by atoms with Gasteiger partial charge in [0, 0.05) is 10.4 Å². The van der Waals surface area contributed by atoms with Crippen LogP contribution in [-0.2, 0) is 4.79 Å². The highest BCUT2D eigenvalue weighted by Gasteiger charge is 2.46. The van der Waals surface area contributed by atoms with Gasteiger partial charge < -0.3 is 0 Å². The molecule has 0 atom stereocenters. The standard InChI is InChI=1S/C15H14ClN3O/c1-15(6-7-15)14(20)13(19-10-17-9-18-19)8-11-2-4-12(16)5-3-11/h2-5,8-10H,6-7H2,1H3. The van der Waals surface area contributed by atoms with Crippen LogP contribution in [0, 0.1) is 5.41 Å². The smallest absolute Gasteiger partial charge is 0.187 e. The maximum absolute atomic E-state index is 12.6. The fourth-order valence-electron chi connectivity index (χ4n) is 2.01. The monoisotopic (exact) mass is 287 g/mol. The van der Waals surface area contributed by atoms with Gasteiger partial charge in [-0.25, -0.2) is 9.67 Å². The molecule has 0 saturated heterocycles. The Hall–Kier alpha value is -1.94. The molecule has 1 aromatic carbocycles. The number of ketones is 1. The molecule has 3 rings (SSSR count). The van der Waals surface area contributed by atoms with Crippen LogP contribution in [0.2, 0.25) is 5.02 Å². The summed E-state index contributed by atoms with van der Waals surface area (Å²) in [5.41, 5.74) is 1.21. The van der Waals surface area contributed by atoms with Crippen LogP contribution >= 0.6 is 11.6 Å². The van der Waals surface area contributed by atoms with E-state index < -0.39 is 0 Å². The Labute approximate surface area is 122 Å². The molecule has 1 saturated carbocycles. The topological polar surface area (TPSA) is 47.8 Å². The third kappa shape index (κ3) is 2.51. The van der Waals surface area contributed by atoms with E-state index in [9.17, 15) is 4.79 Å². The normalized spacial score (nSPS) is 17.0. The molecule has 20 heavy (non-hydrogen) atoms. The Morgan fingerprint density at radius 1 is 1.35 bits per heavy atom. The first-order valence-corrected chi connectivity index (χ1v) is 6.83. The number of nitrogens with zero attached hydrogens (tertiary/aromatic N) is 3. The Morgan fingerprint density at radius 3 is 2.60 bits per heavy atom. The molecule has 2 aromatic rings. The number of benzene rings is 1. The molecule has 102 valence electrons. The maximum Gasteiger partial charge on any atom is 0.187 e. The Bertz CT molecular complexity index is 655. The minimum atomic E-state index is -0.246. The second kappa shape index (κ2) is 4.87. The molecule has 1 heterocycles. The van der Waals surface area contributed by atoms with Crippen molar-refractivity contribution in [2.75, 3.05) is 0 Å². The van der Waals surface area contributed by atoms with E-state index in [1.165, 1.54) is 11.0 Å². The van der Waals surface area contributed by atoms with Gasteiger partial charge in [-0.3, -0.25) is 4.79 Å². The number of halogens is 1. The summed E-state index contributed by atoms with van der Waals surface area (Å²) in [5, 5.41) is 4.75. The van der Waals surface area contributed by atoms with E-state index in [-0.39, 0.29) is 11.2 Å². The summed E-state index contributed by atoms with van der Waals surface area (Å²) in [6.07, 6.45) is 6.66. The molecular weight excluding hydrogens is 274 g/mol. The lowest BCUT2D eigenvalue weighted by Crippen LogP contribution is -2.18. The summed E-state index contributed by atoms with van der Waals surface area (Å²) in [4.78, 5) is 16.5. The maximum atomic E-state index is 12.6. The lowest BCUT2D eigenvalue weighted by Gasteiger charge is -2.11. The highest BCUT2D eigenvalue weighted by molar-refractivity contribution is 6.30. The van der Waals surface area contributed by atoms with Crippen LogP contribution in [0.5, 0.6) is 0 Å². The average molecular weight is 288 g/mol. The summed E-state index contributed by atoms with van der Waals surface area (Å²) < 4.78 is 1.53. The number of aromatic nitrogens is 3. The summed E-state index contributed by atoms with van der Waals surface area (Å²) in [7, 11) is 0. The fourth-order valence-corrected chi connectivity index (χ4v) is 2.13. The van der Waals surface area contributed by atoms with Crippen LogP contribution in [0.4, 0.5) is 0 Å². The number of hydrogen-bond donors (Lipinski definition) is 0. The molecule has 0 aliphatic heterocycles. The van der Waals surface area contributed by atoms with Gasteiger partial charge in [0.05, 0.1) is 0 Å². The zero-order chi connectivity index (χ0) is 14.2. The molecular formula is C15H14ClN3O. The van der Waals surface area contributed by atoms with E-state index >= 15 is 0 Å². The van der Waals surface area contributed by atoms with Crippen LogP contribution in [0.15, 0.2) is 36.9 Å². The summed E-state index contributed by atoms with van der Waals surface area (Å²) in [6.45, 7) is 1.99. The number of allylic oxidation sites excluding steroid dienone is 1. The van der Waals surface area contributed by atoms with Crippen molar-refractivity contribution in [2.45, 2.75) is 19.8 Å². The Kier molecular flexibility index (Phi) is 3.18. The molecule has 0 amide bonds. The third-order valence-corrected chi connectivity index (χ3v) is 3.87. The van der Waals surface area contributed by atoms with Gasteiger partial charge >= 0.3 is 0 Å². The number of Topliss-reactive ketones (excluding diaryl/α,β-unsaturated/α-hetero) is 1. The van der Waals surface area contributed by atoms with Crippen molar-refractivity contribution in [3.05, 3.63) is 47.5 Å². The van der Waals surface area contributed by atoms with Crippen molar-refractivity contribution in [1.29, 1.82) is 0 Å². The Balaban J connectivity index is 2.01. The minimum Gasteiger partial charge on any atom is -0.292 e. The van der Waals surface area contributed by atoms with Crippen LogP contribution < -0.4 is 0 Å². The van der Waals surface area contributed by atoms with E-state index in [1.54, 1.807) is 18.5 Å². The molecule has 0 spiro atoms. The third-order valence-electron chi connectivity index (χ3n) is 3.62. The average Bonchev–Trinajstić information content (AvgIpc) is 2.99. The van der Waals surface area contributed by atoms with Crippen molar-refractivity contribution >= 4 is 29.2 Å². The first-order valence-electron chi connectivity index (χ1n) is 6.46. The first-order chi connectivity index (χ1) is 9.58. The molecule has 1 aliphatic carbocycles. The molecule has 4 nitrogen and oxygen atoms in total. The van der Waals surface area contributed by atoms with Gasteiger partial charge in [-0.05, 0) is 36.6 Å². The lowest BCUT2D eigenvalue weighted by atomic mass is 9.99. The van der Waals surface area contributed by atoms with Crippen LogP contribution in [-0.4, -0.2) is 20.5 Å². The van der Waals surface area contributed by atoms with Crippen molar-refractivity contribution in [2.24, 2.45) is 5.41 Å². The van der Waals surface area contributed by atoms with Crippen molar-refractivity contribution in [3.63, 3.8) is 0 Å². The molecule has 1 aromatic heterocycles. The second-order valence-corrected chi connectivity index (χ2v) is 5.75. The van der Waals surface area contributed by atoms with Gasteiger partial charge in [0.25, 0.3) is 0 Å². The minimum absolute atomic E-state index is 0.109. The zero-order valence-electron chi connectivity index (χ0n) is 11.1. The first kappa shape index (κ1) is 13.1. The lowest BCUT2D eigenvalue weighted by molar-refractivity contribution is -0.118. The van der Waals surface area contributed by atoms with E-state index in [0.29, 0.717) is 10.7 Å². The van der Waals surface area contributed by atoms with E-state index in [1.807, 2.05) is 25.1 Å². The van der Waals surface area contributed by atoms with Gasteiger partial charge in [0.1, 0.15) is 18.4 Å². The predicted molar refractivity (Wildman–Crippen MR) is 78.0 cm³/mol. The molecule has 1 fully saturated rings. The number of rotatable bonds is 4. The highest BCUT2D eigenvalue weighted by atomic mass is 35.5. The number of carbonyl (C=O) groups is 1. The summed E-state index contributed by atoms with van der Waals surface area (Å²) in [5.74, 6) is 0.109. The van der Waals surface area contributed by atoms with Gasteiger partial charge in [-0.1, -0.05) is 30.7 Å². The molecule has 0 bridgehead atoms. The van der Waals surface area contributed by atoms with Crippen molar-refractivity contribution in [1.82, 2.24) is 14.8 Å². The van der Waals surface area contributed by atoms with Gasteiger partial charge in [-0.2, -0.15) is 5.10 Å². The highest BCUT2D eigenvalue weighted by Crippen LogP contribution is 2.48. The van der Waals surface area contributed by atoms with Crippen LogP contribution in [0.3, 0.4) is 0 Å². The Morgan fingerprint density at radius 2 is 2.05 bits per heavy atom. The van der Waals surface area contributed by atoms with Crippen LogP contribution in [0.1, 0.15) is 25.3 Å². The molecule has 5 heteroatoms. The molecule has 0 unspecified atom stereocenters. The van der Waals surface area contributed by atoms with Crippen LogP contribution in [0.25, 0.3) is 11.8 Å². The van der Waals surface area contributed by atoms with E-state index in [0.717, 1.165) is 18.4 Å². The van der Waals surface area contributed by atoms with Crippen molar-refractivity contribution < 1.29 is 4.79 Å². The second-order valence-electron chi connectivity index (χ2n) is 5.31. The van der Waals surface area contributed by atoms with E-state index in [2.05, 4.69) is 10.1 Å². The van der Waals surface area contributed by atoms with Crippen molar-refractivity contribution in [3.8, 4) is 0 Å². The van der Waals surface area contributed by atoms with E-state index in [4.69, 9.17) is 11.6 Å². The largest absolute Gasteiger partial charge is 0.292 e. The molecule has 1 aliphatic rings. The van der Waals surface area contributed by atoms with Gasteiger partial charge in [-0.15, -0.1) is 0 Å². The summed E-state index contributed by atoms with van der Waals surface area (Å²) >= 11 is 5.88. The van der Waals surface area contributed by atoms with Gasteiger partial charge in [0.2, 0.25) is 0 Å². The SMILES string of the molecule is CC1(C(=O)C(=Cc2ccc(Cl)cc2)n2cncn2)CC1. The fraction of sp³-hybridized carbons (Fsp3) is 0.267. The molecule has 0 radical (unpaired) electrons. The quantitative estimate of drug-likeness (QED) is 0.811. The van der Waals surface area contributed by atoms with Gasteiger partial charge in [0.15, 0.2) is 5.78 Å².